The first-order valence-corrected chi connectivity index (χ1v) is 14.6. The van der Waals surface area contributed by atoms with Gasteiger partial charge >= 0.3 is 0 Å². The summed E-state index contributed by atoms with van der Waals surface area (Å²) in [5, 5.41) is 0. The van der Waals surface area contributed by atoms with E-state index in [2.05, 4.69) is 119 Å². The Labute approximate surface area is 232 Å². The Morgan fingerprint density at radius 1 is 0.865 bits per heavy atom. The highest BCUT2D eigenvalue weighted by atomic mass is 14.5. The van der Waals surface area contributed by atoms with Crippen LogP contribution < -0.4 is 0 Å². The van der Waals surface area contributed by atoms with E-state index in [9.17, 15) is 0 Å². The molecule has 2 fully saturated rings. The zero-order valence-electron chi connectivity index (χ0n) is 26.6. The van der Waals surface area contributed by atoms with Crippen LogP contribution in [-0.4, -0.2) is 0 Å². The van der Waals surface area contributed by atoms with Gasteiger partial charge < -0.3 is 0 Å². The van der Waals surface area contributed by atoms with Gasteiger partial charge in [-0.05, 0) is 131 Å². The highest BCUT2D eigenvalue weighted by Crippen LogP contribution is 2.56. The van der Waals surface area contributed by atoms with Crippen molar-refractivity contribution in [2.45, 2.75) is 114 Å². The zero-order valence-corrected chi connectivity index (χ0v) is 26.6. The summed E-state index contributed by atoms with van der Waals surface area (Å²) in [6, 6.07) is 6.69. The smallest absolute Gasteiger partial charge is 0.0112 e. The fourth-order valence-corrected chi connectivity index (χ4v) is 5.31. The van der Waals surface area contributed by atoms with Crippen molar-refractivity contribution in [1.29, 1.82) is 0 Å². The molecule has 0 saturated heterocycles. The third kappa shape index (κ3) is 11.9. The van der Waals surface area contributed by atoms with Crippen LogP contribution in [0, 0.1) is 43.4 Å². The van der Waals surface area contributed by atoms with E-state index in [4.69, 9.17) is 0 Å². The summed E-state index contributed by atoms with van der Waals surface area (Å²) in [6.45, 7) is 39.3. The molecule has 1 aromatic carbocycles. The molecule has 0 nitrogen and oxygen atoms in total. The number of rotatable bonds is 6. The lowest BCUT2D eigenvalue weighted by atomic mass is 9.73. The lowest BCUT2D eigenvalue weighted by Gasteiger charge is -2.31. The van der Waals surface area contributed by atoms with Crippen LogP contribution in [0.15, 0.2) is 72.5 Å². The lowest BCUT2D eigenvalue weighted by Crippen LogP contribution is -2.23. The van der Waals surface area contributed by atoms with Crippen LogP contribution in [0.1, 0.15) is 117 Å². The van der Waals surface area contributed by atoms with E-state index in [0.29, 0.717) is 11.8 Å². The number of hydrogen-bond donors (Lipinski definition) is 0. The minimum absolute atomic E-state index is 0.647. The first kappa shape index (κ1) is 35.0. The van der Waals surface area contributed by atoms with Crippen LogP contribution in [0.5, 0.6) is 0 Å². The van der Waals surface area contributed by atoms with Gasteiger partial charge in [0, 0.05) is 0 Å². The van der Waals surface area contributed by atoms with Gasteiger partial charge in [0.15, 0.2) is 0 Å². The molecule has 0 aliphatic heterocycles. The predicted molar refractivity (Wildman–Crippen MR) is 170 cm³/mol. The van der Waals surface area contributed by atoms with E-state index >= 15 is 0 Å². The molecule has 1 aromatic rings. The lowest BCUT2D eigenvalue weighted by molar-refractivity contribution is 0.292. The summed E-state index contributed by atoms with van der Waals surface area (Å²) >= 11 is 0. The first-order valence-electron chi connectivity index (χ1n) is 14.6. The normalized spacial score (nSPS) is 21.7. The van der Waals surface area contributed by atoms with Crippen LogP contribution in [0.3, 0.4) is 0 Å². The molecule has 0 radical (unpaired) electrons. The van der Waals surface area contributed by atoms with Crippen molar-refractivity contribution >= 4 is 0 Å². The molecule has 2 aliphatic rings. The Hall–Kier alpha value is -2.04. The Kier molecular flexibility index (Phi) is 16.5. The fourth-order valence-electron chi connectivity index (χ4n) is 5.31. The molecular formula is C37H60. The summed E-state index contributed by atoms with van der Waals surface area (Å²) in [5.74, 6) is 4.75. The molecule has 5 atom stereocenters. The highest BCUT2D eigenvalue weighted by Gasteiger charge is 2.47. The third-order valence-corrected chi connectivity index (χ3v) is 8.54. The van der Waals surface area contributed by atoms with Crippen molar-refractivity contribution < 1.29 is 0 Å². The molecule has 208 valence electrons. The van der Waals surface area contributed by atoms with Gasteiger partial charge in [-0.25, -0.2) is 0 Å². The van der Waals surface area contributed by atoms with Crippen LogP contribution in [-0.2, 0) is 0 Å². The molecule has 37 heavy (non-hydrogen) atoms. The van der Waals surface area contributed by atoms with Crippen molar-refractivity contribution in [2.75, 3.05) is 0 Å². The fraction of sp³-hybridized carbons (Fsp3) is 0.595. The Balaban J connectivity index is 0.000000492. The molecule has 5 unspecified atom stereocenters. The summed E-state index contributed by atoms with van der Waals surface area (Å²) < 4.78 is 0. The van der Waals surface area contributed by atoms with Gasteiger partial charge in [-0.15, -0.1) is 5.73 Å². The van der Waals surface area contributed by atoms with Crippen LogP contribution in [0.25, 0.3) is 0 Å². The Morgan fingerprint density at radius 3 is 1.59 bits per heavy atom. The van der Waals surface area contributed by atoms with E-state index < -0.39 is 0 Å². The van der Waals surface area contributed by atoms with Gasteiger partial charge in [-0.2, -0.15) is 0 Å². The number of benzene rings is 1. The minimum Gasteiger partial charge on any atom is -0.130 e. The van der Waals surface area contributed by atoms with Gasteiger partial charge in [-0.3, -0.25) is 0 Å². The summed E-state index contributed by atoms with van der Waals surface area (Å²) in [7, 11) is 0. The van der Waals surface area contributed by atoms with Crippen LogP contribution in [0.4, 0.5) is 0 Å². The molecule has 2 bridgehead atoms. The molecule has 3 rings (SSSR count). The van der Waals surface area contributed by atoms with Crippen molar-refractivity contribution in [3.63, 3.8) is 0 Å². The summed E-state index contributed by atoms with van der Waals surface area (Å²) in [4.78, 5) is 0. The molecule has 0 spiro atoms. The van der Waals surface area contributed by atoms with Crippen molar-refractivity contribution in [2.24, 2.45) is 29.6 Å². The SMILES string of the molecule is C=C(C)C(C)CC.C=C(C)C1C2CCC(C2)C1C(=C)C.C=C=C(C)CC.Cc1ccc(C(C)C)cc1C. The monoisotopic (exact) mass is 504 g/mol. The molecule has 2 aliphatic carbocycles. The van der Waals surface area contributed by atoms with E-state index in [1.807, 2.05) is 6.92 Å². The summed E-state index contributed by atoms with van der Waals surface area (Å²) in [6.07, 6.45) is 6.60. The first-order chi connectivity index (χ1) is 17.2. The van der Waals surface area contributed by atoms with Crippen LogP contribution in [0.2, 0.25) is 0 Å². The second kappa shape index (κ2) is 17.5. The number of allylic oxidation sites excluding steroid dienone is 4. The van der Waals surface area contributed by atoms with Crippen molar-refractivity contribution in [3.05, 3.63) is 89.2 Å². The maximum atomic E-state index is 4.15. The largest absolute Gasteiger partial charge is 0.130 e. The van der Waals surface area contributed by atoms with Gasteiger partial charge in [-0.1, -0.05) is 95.9 Å². The average molecular weight is 505 g/mol. The van der Waals surface area contributed by atoms with E-state index in [0.717, 1.165) is 30.1 Å². The molecule has 2 saturated carbocycles. The third-order valence-electron chi connectivity index (χ3n) is 8.54. The molecule has 0 N–H and O–H groups in total. The van der Waals surface area contributed by atoms with Crippen LogP contribution >= 0.6 is 0 Å². The Morgan fingerprint density at radius 2 is 1.35 bits per heavy atom. The van der Waals surface area contributed by atoms with Gasteiger partial charge in [0.05, 0.1) is 0 Å². The topological polar surface area (TPSA) is 0 Å². The zero-order chi connectivity index (χ0) is 28.9. The second-order valence-electron chi connectivity index (χ2n) is 12.0. The van der Waals surface area contributed by atoms with Gasteiger partial charge in [0.1, 0.15) is 0 Å². The van der Waals surface area contributed by atoms with Crippen molar-refractivity contribution in [3.8, 4) is 0 Å². The molecule has 0 aromatic heterocycles. The number of fused-ring (bicyclic) bond motifs is 2. The number of aryl methyl sites for hydroxylation is 2. The summed E-state index contributed by atoms with van der Waals surface area (Å²) in [5.41, 5.74) is 12.3. The molecule has 0 heteroatoms. The molecule has 0 amide bonds. The minimum atomic E-state index is 0.647. The van der Waals surface area contributed by atoms with Gasteiger partial charge in [0.2, 0.25) is 0 Å². The van der Waals surface area contributed by atoms with E-state index in [1.54, 1.807) is 0 Å². The van der Waals surface area contributed by atoms with Crippen molar-refractivity contribution in [1.82, 2.24) is 0 Å². The molecule has 0 heterocycles. The maximum absolute atomic E-state index is 4.15. The Bertz CT molecular complexity index is 891. The standard InChI is InChI=1S/C13H20.C11H16.C7H14.C6H10/c1-8(2)12-10-5-6-11(7-10)13(12)9(3)4;1-8(2)11-6-5-9(3)10(4)7-11;1-5-7(4)6(2)3;1-4-6(3)5-2/h10-13H,1,3,5-7H2,2,4H3;5-8H,1-4H3;7H,2,5H2,1,3-4H3;1,5H2,2-3H3. The maximum Gasteiger partial charge on any atom is -0.0112 e. The second-order valence-corrected chi connectivity index (χ2v) is 12.0. The van der Waals surface area contributed by atoms with E-state index in [-0.39, 0.29) is 0 Å². The van der Waals surface area contributed by atoms with E-state index in [1.165, 1.54) is 64.7 Å². The quantitative estimate of drug-likeness (QED) is 0.267. The van der Waals surface area contributed by atoms with Gasteiger partial charge in [0.25, 0.3) is 0 Å². The highest BCUT2D eigenvalue weighted by molar-refractivity contribution is 5.31. The molecular weight excluding hydrogens is 444 g/mol. The number of hydrogen-bond acceptors (Lipinski definition) is 0. The predicted octanol–water partition coefficient (Wildman–Crippen LogP) is 12.0. The average Bonchev–Trinajstić information content (AvgIpc) is 3.47.